The molecular weight excluding hydrogens is 430 g/mol. The van der Waals surface area contributed by atoms with Gasteiger partial charge in [-0.3, -0.25) is 4.79 Å². The molecule has 8 heteroatoms. The molecular formula is C23H29N3O3S2. The third-order valence-corrected chi connectivity index (χ3v) is 8.21. The third-order valence-electron chi connectivity index (χ3n) is 5.15. The van der Waals surface area contributed by atoms with Crippen molar-refractivity contribution in [1.82, 2.24) is 4.31 Å². The lowest BCUT2D eigenvalue weighted by Crippen LogP contribution is -2.37. The van der Waals surface area contributed by atoms with Gasteiger partial charge in [-0.25, -0.2) is 8.42 Å². The topological polar surface area (TPSA) is 90.3 Å². The first-order chi connectivity index (χ1) is 14.6. The standard InChI is InChI=1S/C23H29N3O3S2/c1-15(2)13-26(14-16(3)4)31(28,29)18-10-8-17(9-11-18)22(27)25-23-20(12-24)19-6-5-7-21(19)30-23/h8-11,15-16H,5-7,13-14H2,1-4H3,(H,25,27). The fraction of sp³-hybridized carbons (Fsp3) is 0.478. The number of carbonyl (C=O) groups is 1. The number of benzene rings is 1. The van der Waals surface area contributed by atoms with E-state index in [1.807, 2.05) is 27.7 Å². The molecule has 1 aromatic carbocycles. The van der Waals surface area contributed by atoms with Gasteiger partial charge in [0.05, 0.1) is 10.5 Å². The second-order valence-corrected chi connectivity index (χ2v) is 11.8. The van der Waals surface area contributed by atoms with E-state index in [0.29, 0.717) is 29.2 Å². The van der Waals surface area contributed by atoms with Crippen molar-refractivity contribution >= 4 is 32.3 Å². The molecule has 0 saturated heterocycles. The number of anilines is 1. The molecule has 1 aromatic heterocycles. The van der Waals surface area contributed by atoms with Crippen molar-refractivity contribution in [2.75, 3.05) is 18.4 Å². The average Bonchev–Trinajstić information content (AvgIpc) is 3.27. The maximum atomic E-state index is 13.1. The van der Waals surface area contributed by atoms with Crippen molar-refractivity contribution in [1.29, 1.82) is 5.26 Å². The minimum Gasteiger partial charge on any atom is -0.312 e. The Hall–Kier alpha value is -2.21. The van der Waals surface area contributed by atoms with Gasteiger partial charge in [0.2, 0.25) is 10.0 Å². The summed E-state index contributed by atoms with van der Waals surface area (Å²) >= 11 is 1.46. The van der Waals surface area contributed by atoms with Crippen LogP contribution in [-0.2, 0) is 22.9 Å². The van der Waals surface area contributed by atoms with Crippen LogP contribution in [-0.4, -0.2) is 31.7 Å². The number of nitrogens with zero attached hydrogens (tertiary/aromatic N) is 2. The number of thiophene rings is 1. The summed E-state index contributed by atoms with van der Waals surface area (Å²) in [6.07, 6.45) is 2.87. The lowest BCUT2D eigenvalue weighted by molar-refractivity contribution is 0.102. The molecule has 0 saturated carbocycles. The molecule has 31 heavy (non-hydrogen) atoms. The van der Waals surface area contributed by atoms with Gasteiger partial charge in [0.1, 0.15) is 11.1 Å². The Morgan fingerprint density at radius 1 is 1.13 bits per heavy atom. The summed E-state index contributed by atoms with van der Waals surface area (Å²) in [5.41, 5.74) is 1.97. The number of nitrogens with one attached hydrogen (secondary N) is 1. The number of aryl methyl sites for hydroxylation is 1. The van der Waals surface area contributed by atoms with Gasteiger partial charge in [0, 0.05) is 23.5 Å². The first-order valence-electron chi connectivity index (χ1n) is 10.6. The summed E-state index contributed by atoms with van der Waals surface area (Å²) in [4.78, 5) is 14.1. The van der Waals surface area contributed by atoms with Crippen LogP contribution in [0.3, 0.4) is 0 Å². The zero-order valence-corrected chi connectivity index (χ0v) is 20.1. The molecule has 1 N–H and O–H groups in total. The predicted molar refractivity (Wildman–Crippen MR) is 124 cm³/mol. The summed E-state index contributed by atoms with van der Waals surface area (Å²) in [7, 11) is -3.64. The minimum atomic E-state index is -3.64. The van der Waals surface area contributed by atoms with Crippen LogP contribution in [0.2, 0.25) is 0 Å². The van der Waals surface area contributed by atoms with Gasteiger partial charge in [-0.05, 0) is 60.9 Å². The number of amides is 1. The van der Waals surface area contributed by atoms with Crippen molar-refractivity contribution in [3.05, 3.63) is 45.8 Å². The largest absolute Gasteiger partial charge is 0.312 e. The van der Waals surface area contributed by atoms with E-state index in [1.165, 1.54) is 44.8 Å². The highest BCUT2D eigenvalue weighted by molar-refractivity contribution is 7.89. The number of carbonyl (C=O) groups excluding carboxylic acids is 1. The van der Waals surface area contributed by atoms with Crippen LogP contribution in [0.15, 0.2) is 29.2 Å². The van der Waals surface area contributed by atoms with Gasteiger partial charge in [0.15, 0.2) is 0 Å². The molecule has 0 unspecified atom stereocenters. The Labute approximate surface area is 188 Å². The molecule has 0 spiro atoms. The van der Waals surface area contributed by atoms with E-state index < -0.39 is 10.0 Å². The molecule has 0 fully saturated rings. The first kappa shape index (κ1) is 23.5. The molecule has 1 aliphatic rings. The number of hydrogen-bond acceptors (Lipinski definition) is 5. The Bertz CT molecular complexity index is 1080. The van der Waals surface area contributed by atoms with Crippen molar-refractivity contribution in [2.45, 2.75) is 51.9 Å². The molecule has 1 amide bonds. The van der Waals surface area contributed by atoms with Crippen LogP contribution in [0.25, 0.3) is 0 Å². The number of fused-ring (bicyclic) bond motifs is 1. The number of hydrogen-bond donors (Lipinski definition) is 1. The highest BCUT2D eigenvalue weighted by Gasteiger charge is 2.27. The van der Waals surface area contributed by atoms with Gasteiger partial charge >= 0.3 is 0 Å². The molecule has 0 atom stereocenters. The SMILES string of the molecule is CC(C)CN(CC(C)C)S(=O)(=O)c1ccc(C(=O)Nc2sc3c(c2C#N)CCC3)cc1. The molecule has 166 valence electrons. The second kappa shape index (κ2) is 9.51. The molecule has 1 aliphatic carbocycles. The fourth-order valence-corrected chi connectivity index (χ4v) is 6.80. The van der Waals surface area contributed by atoms with Crippen LogP contribution >= 0.6 is 11.3 Å². The van der Waals surface area contributed by atoms with Gasteiger partial charge in [-0.1, -0.05) is 27.7 Å². The third kappa shape index (κ3) is 5.17. The highest BCUT2D eigenvalue weighted by Crippen LogP contribution is 2.38. The van der Waals surface area contributed by atoms with E-state index in [4.69, 9.17) is 0 Å². The summed E-state index contributed by atoms with van der Waals surface area (Å²) < 4.78 is 27.8. The summed E-state index contributed by atoms with van der Waals surface area (Å²) in [5.74, 6) is 0.0715. The zero-order chi connectivity index (χ0) is 22.8. The fourth-order valence-electron chi connectivity index (χ4n) is 3.80. The lowest BCUT2D eigenvalue weighted by atomic mass is 10.1. The Morgan fingerprint density at radius 2 is 1.74 bits per heavy atom. The monoisotopic (exact) mass is 459 g/mol. The van der Waals surface area contributed by atoms with Crippen LogP contribution in [0.5, 0.6) is 0 Å². The van der Waals surface area contributed by atoms with E-state index in [0.717, 1.165) is 24.8 Å². The summed E-state index contributed by atoms with van der Waals surface area (Å²) in [6.45, 7) is 8.86. The first-order valence-corrected chi connectivity index (χ1v) is 12.8. The second-order valence-electron chi connectivity index (χ2n) is 8.76. The quantitative estimate of drug-likeness (QED) is 0.621. The Morgan fingerprint density at radius 3 is 2.29 bits per heavy atom. The molecule has 2 aromatic rings. The van der Waals surface area contributed by atoms with Crippen LogP contribution in [0, 0.1) is 23.2 Å². The summed E-state index contributed by atoms with van der Waals surface area (Å²) in [5, 5.41) is 12.9. The molecule has 6 nitrogen and oxygen atoms in total. The molecule has 0 radical (unpaired) electrons. The van der Waals surface area contributed by atoms with Gasteiger partial charge in [-0.15, -0.1) is 11.3 Å². The zero-order valence-electron chi connectivity index (χ0n) is 18.4. The molecule has 1 heterocycles. The van der Waals surface area contributed by atoms with E-state index in [9.17, 15) is 18.5 Å². The number of rotatable bonds is 8. The minimum absolute atomic E-state index is 0.179. The lowest BCUT2D eigenvalue weighted by Gasteiger charge is -2.25. The van der Waals surface area contributed by atoms with E-state index in [2.05, 4.69) is 11.4 Å². The van der Waals surface area contributed by atoms with Gasteiger partial charge in [0.25, 0.3) is 5.91 Å². The molecule has 0 bridgehead atoms. The normalized spacial score (nSPS) is 13.6. The van der Waals surface area contributed by atoms with Gasteiger partial charge < -0.3 is 5.32 Å². The van der Waals surface area contributed by atoms with Gasteiger partial charge in [-0.2, -0.15) is 9.57 Å². The maximum absolute atomic E-state index is 13.1. The molecule has 3 rings (SSSR count). The summed E-state index contributed by atoms with van der Waals surface area (Å²) in [6, 6.07) is 8.24. The van der Waals surface area contributed by atoms with Crippen LogP contribution in [0.1, 0.15) is 60.5 Å². The van der Waals surface area contributed by atoms with E-state index in [1.54, 1.807) is 0 Å². The van der Waals surface area contributed by atoms with E-state index in [-0.39, 0.29) is 22.6 Å². The maximum Gasteiger partial charge on any atom is 0.256 e. The predicted octanol–water partition coefficient (Wildman–Crippen LogP) is 4.66. The van der Waals surface area contributed by atoms with Crippen LogP contribution in [0.4, 0.5) is 5.00 Å². The van der Waals surface area contributed by atoms with Crippen molar-refractivity contribution in [3.63, 3.8) is 0 Å². The van der Waals surface area contributed by atoms with Crippen molar-refractivity contribution in [3.8, 4) is 6.07 Å². The Balaban J connectivity index is 1.79. The highest BCUT2D eigenvalue weighted by atomic mass is 32.2. The average molecular weight is 460 g/mol. The van der Waals surface area contributed by atoms with Crippen molar-refractivity contribution < 1.29 is 13.2 Å². The Kier molecular flexibility index (Phi) is 7.20. The number of sulfonamides is 1. The van der Waals surface area contributed by atoms with Crippen LogP contribution < -0.4 is 5.32 Å². The molecule has 0 aliphatic heterocycles. The number of nitriles is 1. The van der Waals surface area contributed by atoms with E-state index >= 15 is 0 Å². The smallest absolute Gasteiger partial charge is 0.256 e. The van der Waals surface area contributed by atoms with Crippen molar-refractivity contribution in [2.24, 2.45) is 11.8 Å².